The number of thiophene rings is 1. The number of benzene rings is 1. The summed E-state index contributed by atoms with van der Waals surface area (Å²) in [6, 6.07) is 11.3. The number of nitrogens with one attached hydrogen (secondary N) is 1. The van der Waals surface area contributed by atoms with Crippen molar-refractivity contribution in [3.8, 4) is 0 Å². The van der Waals surface area contributed by atoms with Crippen LogP contribution < -0.4 is 5.32 Å². The molecule has 2 heterocycles. The first-order chi connectivity index (χ1) is 15.6. The molecule has 2 amide bonds. The van der Waals surface area contributed by atoms with E-state index in [0.717, 1.165) is 41.7 Å². The summed E-state index contributed by atoms with van der Waals surface area (Å²) in [4.78, 5) is 34.1. The fourth-order valence-electron chi connectivity index (χ4n) is 4.39. The van der Waals surface area contributed by atoms with Gasteiger partial charge in [0.25, 0.3) is 0 Å². The van der Waals surface area contributed by atoms with Gasteiger partial charge in [0.15, 0.2) is 0 Å². The zero-order chi connectivity index (χ0) is 22.3. The van der Waals surface area contributed by atoms with Crippen LogP contribution in [-0.4, -0.2) is 32.3 Å². The average molecular weight is 451 g/mol. The van der Waals surface area contributed by atoms with Gasteiger partial charge in [-0.25, -0.2) is 4.98 Å². The Bertz CT molecular complexity index is 1010. The maximum atomic E-state index is 13.7. The molecule has 1 fully saturated rings. The Balaban J connectivity index is 1.68. The van der Waals surface area contributed by atoms with Crippen LogP contribution in [0.2, 0.25) is 0 Å². The molecule has 0 saturated heterocycles. The van der Waals surface area contributed by atoms with Crippen LogP contribution in [0, 0.1) is 6.92 Å². The van der Waals surface area contributed by atoms with E-state index in [-0.39, 0.29) is 24.4 Å². The first kappa shape index (κ1) is 22.3. The lowest BCUT2D eigenvalue weighted by Gasteiger charge is -2.34. The van der Waals surface area contributed by atoms with Crippen LogP contribution in [0.1, 0.15) is 54.1 Å². The summed E-state index contributed by atoms with van der Waals surface area (Å²) in [5.74, 6) is -0.204. The molecule has 3 aromatic rings. The minimum atomic E-state index is -0.684. The van der Waals surface area contributed by atoms with Gasteiger partial charge >= 0.3 is 0 Å². The van der Waals surface area contributed by atoms with Gasteiger partial charge in [0.1, 0.15) is 12.6 Å². The molecule has 1 saturated carbocycles. The van der Waals surface area contributed by atoms with E-state index in [0.29, 0.717) is 6.54 Å². The van der Waals surface area contributed by atoms with E-state index >= 15 is 0 Å². The highest BCUT2D eigenvalue weighted by Gasteiger charge is 2.34. The summed E-state index contributed by atoms with van der Waals surface area (Å²) in [7, 11) is 0. The van der Waals surface area contributed by atoms with E-state index in [1.54, 1.807) is 39.5 Å². The normalized spacial score (nSPS) is 15.3. The van der Waals surface area contributed by atoms with Crippen molar-refractivity contribution < 1.29 is 9.59 Å². The van der Waals surface area contributed by atoms with Gasteiger partial charge in [-0.3, -0.25) is 9.59 Å². The Morgan fingerprint density at radius 3 is 2.69 bits per heavy atom. The SMILES string of the molecule is Cc1ccccc1C(C(=O)NC1CCCCC1)N(Cc1cccs1)C(=O)Cn1ccnc1. The second-order valence-electron chi connectivity index (χ2n) is 8.44. The predicted molar refractivity (Wildman–Crippen MR) is 126 cm³/mol. The number of carbonyl (C=O) groups is 2. The van der Waals surface area contributed by atoms with E-state index in [1.807, 2.05) is 48.7 Å². The summed E-state index contributed by atoms with van der Waals surface area (Å²) in [5, 5.41) is 5.27. The molecule has 1 unspecified atom stereocenters. The predicted octanol–water partition coefficient (Wildman–Crippen LogP) is 4.47. The fourth-order valence-corrected chi connectivity index (χ4v) is 5.10. The highest BCUT2D eigenvalue weighted by atomic mass is 32.1. The lowest BCUT2D eigenvalue weighted by molar-refractivity contribution is -0.142. The Kier molecular flexibility index (Phi) is 7.37. The standard InChI is InChI=1S/C25H30N4O2S/c1-19-8-5-6-12-22(19)24(25(31)27-20-9-3-2-4-10-20)29(16-21-11-7-15-32-21)23(30)17-28-14-13-26-18-28/h5-8,11-15,18,20,24H,2-4,9-10,16-17H2,1H3,(H,27,31). The molecule has 1 aliphatic carbocycles. The first-order valence-corrected chi connectivity index (χ1v) is 12.1. The largest absolute Gasteiger partial charge is 0.351 e. The maximum absolute atomic E-state index is 13.7. The minimum Gasteiger partial charge on any atom is -0.351 e. The van der Waals surface area contributed by atoms with Crippen molar-refractivity contribution in [2.45, 2.75) is 64.2 Å². The van der Waals surface area contributed by atoms with Crippen LogP contribution in [0.25, 0.3) is 0 Å². The number of rotatable bonds is 8. The summed E-state index contributed by atoms with van der Waals surface area (Å²) < 4.78 is 1.75. The Morgan fingerprint density at radius 1 is 1.19 bits per heavy atom. The third-order valence-electron chi connectivity index (χ3n) is 6.10. The van der Waals surface area contributed by atoms with Crippen LogP contribution in [-0.2, 0) is 22.7 Å². The summed E-state index contributed by atoms with van der Waals surface area (Å²) >= 11 is 1.60. The molecule has 168 valence electrons. The van der Waals surface area contributed by atoms with Gasteiger partial charge in [-0.1, -0.05) is 49.6 Å². The maximum Gasteiger partial charge on any atom is 0.247 e. The van der Waals surface area contributed by atoms with Crippen LogP contribution >= 0.6 is 11.3 Å². The van der Waals surface area contributed by atoms with Crippen molar-refractivity contribution in [2.75, 3.05) is 0 Å². The number of imidazole rings is 1. The van der Waals surface area contributed by atoms with Crippen molar-refractivity contribution in [1.82, 2.24) is 19.8 Å². The molecule has 1 atom stereocenters. The Labute approximate surface area is 193 Å². The van der Waals surface area contributed by atoms with Gasteiger partial charge in [0.2, 0.25) is 11.8 Å². The van der Waals surface area contributed by atoms with E-state index in [2.05, 4.69) is 10.3 Å². The summed E-state index contributed by atoms with van der Waals surface area (Å²) in [5.41, 5.74) is 1.87. The van der Waals surface area contributed by atoms with Crippen molar-refractivity contribution in [1.29, 1.82) is 0 Å². The third-order valence-corrected chi connectivity index (χ3v) is 6.96. The van der Waals surface area contributed by atoms with E-state index in [1.165, 1.54) is 6.42 Å². The van der Waals surface area contributed by atoms with Crippen molar-refractivity contribution in [3.05, 3.63) is 76.5 Å². The van der Waals surface area contributed by atoms with Crippen LogP contribution in [0.3, 0.4) is 0 Å². The second kappa shape index (κ2) is 10.6. The average Bonchev–Trinajstić information content (AvgIpc) is 3.49. The Morgan fingerprint density at radius 2 is 2.00 bits per heavy atom. The molecular weight excluding hydrogens is 420 g/mol. The van der Waals surface area contributed by atoms with Crippen LogP contribution in [0.4, 0.5) is 0 Å². The molecule has 0 radical (unpaired) electrons. The molecule has 32 heavy (non-hydrogen) atoms. The van der Waals surface area contributed by atoms with E-state index < -0.39 is 6.04 Å². The molecule has 0 spiro atoms. The van der Waals surface area contributed by atoms with Crippen molar-refractivity contribution in [2.24, 2.45) is 0 Å². The van der Waals surface area contributed by atoms with Gasteiger partial charge in [-0.15, -0.1) is 11.3 Å². The number of carbonyl (C=O) groups excluding carboxylic acids is 2. The van der Waals surface area contributed by atoms with Gasteiger partial charge < -0.3 is 14.8 Å². The highest BCUT2D eigenvalue weighted by Crippen LogP contribution is 2.29. The number of nitrogens with zero attached hydrogens (tertiary/aromatic N) is 3. The molecule has 2 aromatic heterocycles. The second-order valence-corrected chi connectivity index (χ2v) is 9.47. The molecule has 4 rings (SSSR count). The van der Waals surface area contributed by atoms with Crippen molar-refractivity contribution in [3.63, 3.8) is 0 Å². The van der Waals surface area contributed by atoms with Crippen molar-refractivity contribution >= 4 is 23.2 Å². The monoisotopic (exact) mass is 450 g/mol. The number of amides is 2. The topological polar surface area (TPSA) is 67.2 Å². The number of aryl methyl sites for hydroxylation is 1. The summed E-state index contributed by atoms with van der Waals surface area (Å²) in [6.07, 6.45) is 10.6. The molecule has 7 heteroatoms. The van der Waals surface area contributed by atoms with E-state index in [9.17, 15) is 9.59 Å². The molecule has 0 aliphatic heterocycles. The van der Waals surface area contributed by atoms with Gasteiger partial charge in [0.05, 0.1) is 12.9 Å². The number of aromatic nitrogens is 2. The summed E-state index contributed by atoms with van der Waals surface area (Å²) in [6.45, 7) is 2.53. The molecule has 6 nitrogen and oxygen atoms in total. The van der Waals surface area contributed by atoms with Gasteiger partial charge in [-0.2, -0.15) is 0 Å². The fraction of sp³-hybridized carbons (Fsp3) is 0.400. The quantitative estimate of drug-likeness (QED) is 0.551. The van der Waals surface area contributed by atoms with Crippen LogP contribution in [0.15, 0.2) is 60.5 Å². The molecule has 1 aliphatic rings. The van der Waals surface area contributed by atoms with Gasteiger partial charge in [0, 0.05) is 23.3 Å². The Hall–Kier alpha value is -2.93. The van der Waals surface area contributed by atoms with Gasteiger partial charge in [-0.05, 0) is 42.3 Å². The molecular formula is C25H30N4O2S. The smallest absolute Gasteiger partial charge is 0.247 e. The zero-order valence-corrected chi connectivity index (χ0v) is 19.3. The third kappa shape index (κ3) is 5.46. The van der Waals surface area contributed by atoms with Crippen LogP contribution in [0.5, 0.6) is 0 Å². The number of hydrogen-bond donors (Lipinski definition) is 1. The molecule has 1 aromatic carbocycles. The first-order valence-electron chi connectivity index (χ1n) is 11.3. The number of hydrogen-bond acceptors (Lipinski definition) is 4. The molecule has 0 bridgehead atoms. The molecule has 1 N–H and O–H groups in total. The minimum absolute atomic E-state index is 0.0956. The highest BCUT2D eigenvalue weighted by molar-refractivity contribution is 7.09. The van der Waals surface area contributed by atoms with E-state index in [4.69, 9.17) is 0 Å². The lowest BCUT2D eigenvalue weighted by atomic mass is 9.94. The zero-order valence-electron chi connectivity index (χ0n) is 18.4. The lowest BCUT2D eigenvalue weighted by Crippen LogP contribution is -2.47.